The van der Waals surface area contributed by atoms with Crippen LogP contribution in [-0.4, -0.2) is 32.1 Å². The Morgan fingerprint density at radius 3 is 2.96 bits per heavy atom. The Morgan fingerprint density at radius 2 is 2.30 bits per heavy atom. The lowest BCUT2D eigenvalue weighted by atomic mass is 10.2. The molecule has 0 fully saturated rings. The van der Waals surface area contributed by atoms with Crippen LogP contribution >= 0.6 is 23.8 Å². The summed E-state index contributed by atoms with van der Waals surface area (Å²) in [6, 6.07) is 3.73. The van der Waals surface area contributed by atoms with E-state index in [-0.39, 0.29) is 16.3 Å². The maximum Gasteiger partial charge on any atom is 0.270 e. The van der Waals surface area contributed by atoms with E-state index in [1.807, 2.05) is 11.5 Å². The zero-order chi connectivity index (χ0) is 17.0. The number of hydrogen-bond donors (Lipinski definition) is 2. The smallest absolute Gasteiger partial charge is 0.270 e. The molecule has 2 aromatic rings. The molecule has 0 unspecified atom stereocenters. The number of non-ortho nitro benzene ring substituents is 1. The predicted octanol–water partition coefficient (Wildman–Crippen LogP) is 2.49. The minimum Gasteiger partial charge on any atom is -0.352 e. The number of nitro benzene ring substituents is 1. The largest absolute Gasteiger partial charge is 0.352 e. The zero-order valence-electron chi connectivity index (χ0n) is 12.2. The molecular formula is C13H14ClN5O3S. The van der Waals surface area contributed by atoms with Gasteiger partial charge in [0.05, 0.1) is 15.5 Å². The van der Waals surface area contributed by atoms with Crippen molar-refractivity contribution in [3.8, 4) is 0 Å². The van der Waals surface area contributed by atoms with Gasteiger partial charge in [0.25, 0.3) is 11.6 Å². The first-order valence-corrected chi connectivity index (χ1v) is 7.59. The van der Waals surface area contributed by atoms with Crippen molar-refractivity contribution in [1.82, 2.24) is 20.1 Å². The van der Waals surface area contributed by atoms with Crippen molar-refractivity contribution in [2.24, 2.45) is 0 Å². The number of aromatic nitrogens is 3. The number of nitro groups is 1. The Bertz CT molecular complexity index is 801. The number of carbonyl (C=O) groups excluding carboxylic acids is 1. The number of nitrogens with zero attached hydrogens (tertiary/aromatic N) is 3. The van der Waals surface area contributed by atoms with Gasteiger partial charge >= 0.3 is 0 Å². The summed E-state index contributed by atoms with van der Waals surface area (Å²) in [5, 5.41) is 20.4. The Balaban J connectivity index is 2.04. The third-order valence-electron chi connectivity index (χ3n) is 3.19. The van der Waals surface area contributed by atoms with Gasteiger partial charge in [-0.25, -0.2) is 0 Å². The molecule has 0 aliphatic rings. The molecular weight excluding hydrogens is 342 g/mol. The molecule has 0 saturated carbocycles. The molecule has 8 nitrogen and oxygen atoms in total. The monoisotopic (exact) mass is 355 g/mol. The topological polar surface area (TPSA) is 106 Å². The van der Waals surface area contributed by atoms with Crippen molar-refractivity contribution < 1.29 is 9.72 Å². The normalized spacial score (nSPS) is 10.5. The molecule has 0 bridgehead atoms. The highest BCUT2D eigenvalue weighted by Crippen LogP contribution is 2.21. The molecule has 0 aliphatic heterocycles. The molecule has 2 N–H and O–H groups in total. The van der Waals surface area contributed by atoms with Crippen LogP contribution in [0.5, 0.6) is 0 Å². The van der Waals surface area contributed by atoms with Gasteiger partial charge in [0.2, 0.25) is 0 Å². The molecule has 0 saturated heterocycles. The van der Waals surface area contributed by atoms with Crippen LogP contribution in [0.4, 0.5) is 5.69 Å². The van der Waals surface area contributed by atoms with Gasteiger partial charge in [0.15, 0.2) is 4.77 Å². The van der Waals surface area contributed by atoms with Gasteiger partial charge in [-0.1, -0.05) is 11.6 Å². The number of rotatable bonds is 6. The maximum absolute atomic E-state index is 12.1. The number of benzene rings is 1. The summed E-state index contributed by atoms with van der Waals surface area (Å²) >= 11 is 11.0. The lowest BCUT2D eigenvalue weighted by Gasteiger charge is -2.07. The Hall–Kier alpha value is -2.26. The van der Waals surface area contributed by atoms with Gasteiger partial charge in [-0.15, -0.1) is 0 Å². The van der Waals surface area contributed by atoms with E-state index in [0.717, 1.165) is 11.9 Å². The van der Waals surface area contributed by atoms with Crippen molar-refractivity contribution in [2.75, 3.05) is 6.54 Å². The lowest BCUT2D eigenvalue weighted by Crippen LogP contribution is -2.26. The number of halogens is 1. The summed E-state index contributed by atoms with van der Waals surface area (Å²) in [7, 11) is 0. The second-order valence-corrected chi connectivity index (χ2v) is 5.41. The number of hydrogen-bond acceptors (Lipinski definition) is 5. The first-order chi connectivity index (χ1) is 10.9. The fourth-order valence-electron chi connectivity index (χ4n) is 2.05. The van der Waals surface area contributed by atoms with E-state index >= 15 is 0 Å². The molecule has 0 atom stereocenters. The first-order valence-electron chi connectivity index (χ1n) is 6.80. The molecule has 1 amide bonds. The van der Waals surface area contributed by atoms with Crippen LogP contribution in [0.25, 0.3) is 0 Å². The van der Waals surface area contributed by atoms with Crippen molar-refractivity contribution in [2.45, 2.75) is 19.9 Å². The second kappa shape index (κ2) is 7.34. The highest BCUT2D eigenvalue weighted by Gasteiger charge is 2.15. The van der Waals surface area contributed by atoms with Gasteiger partial charge in [-0.05, 0) is 25.2 Å². The molecule has 1 aromatic heterocycles. The lowest BCUT2D eigenvalue weighted by molar-refractivity contribution is -0.384. The zero-order valence-corrected chi connectivity index (χ0v) is 13.8. The van der Waals surface area contributed by atoms with Crippen molar-refractivity contribution in [3.05, 3.63) is 49.5 Å². The average molecular weight is 356 g/mol. The van der Waals surface area contributed by atoms with Crippen LogP contribution in [0.1, 0.15) is 23.1 Å². The highest BCUT2D eigenvalue weighted by molar-refractivity contribution is 7.71. The van der Waals surface area contributed by atoms with Gasteiger partial charge in [0.1, 0.15) is 5.82 Å². The van der Waals surface area contributed by atoms with E-state index in [9.17, 15) is 14.9 Å². The molecule has 0 radical (unpaired) electrons. The summed E-state index contributed by atoms with van der Waals surface area (Å²) < 4.78 is 2.34. The number of amides is 1. The van der Waals surface area contributed by atoms with Crippen molar-refractivity contribution in [1.29, 1.82) is 0 Å². The number of aromatic amines is 1. The van der Waals surface area contributed by atoms with Crippen LogP contribution in [0.15, 0.2) is 18.2 Å². The van der Waals surface area contributed by atoms with E-state index in [2.05, 4.69) is 15.5 Å². The van der Waals surface area contributed by atoms with Crippen molar-refractivity contribution in [3.63, 3.8) is 0 Å². The molecule has 2 rings (SSSR count). The SMILES string of the molecule is CCn1c(CCNC(=O)c2cc([N+](=O)[O-])ccc2Cl)n[nH]c1=S. The Labute approximate surface area is 141 Å². The fraction of sp³-hybridized carbons (Fsp3) is 0.308. The fourth-order valence-corrected chi connectivity index (χ4v) is 2.53. The van der Waals surface area contributed by atoms with E-state index < -0.39 is 10.8 Å². The van der Waals surface area contributed by atoms with Crippen LogP contribution < -0.4 is 5.32 Å². The second-order valence-electron chi connectivity index (χ2n) is 4.62. The van der Waals surface area contributed by atoms with Gasteiger partial charge in [-0.3, -0.25) is 20.0 Å². The van der Waals surface area contributed by atoms with Crippen LogP contribution in [0.3, 0.4) is 0 Å². The van der Waals surface area contributed by atoms with E-state index in [0.29, 0.717) is 24.3 Å². The molecule has 23 heavy (non-hydrogen) atoms. The summed E-state index contributed by atoms with van der Waals surface area (Å²) in [4.78, 5) is 22.3. The number of H-pyrrole nitrogens is 1. The van der Waals surface area contributed by atoms with Gasteiger partial charge in [0, 0.05) is 31.6 Å². The van der Waals surface area contributed by atoms with Crippen LogP contribution in [0.2, 0.25) is 5.02 Å². The summed E-state index contributed by atoms with van der Waals surface area (Å²) in [6.07, 6.45) is 0.471. The Morgan fingerprint density at radius 1 is 1.57 bits per heavy atom. The van der Waals surface area contributed by atoms with E-state index in [1.54, 1.807) is 0 Å². The molecule has 0 aliphatic carbocycles. The van der Waals surface area contributed by atoms with Gasteiger partial charge < -0.3 is 9.88 Å². The Kier molecular flexibility index (Phi) is 5.45. The molecule has 122 valence electrons. The van der Waals surface area contributed by atoms with Crippen LogP contribution in [0, 0.1) is 14.9 Å². The average Bonchev–Trinajstić information content (AvgIpc) is 2.87. The van der Waals surface area contributed by atoms with E-state index in [4.69, 9.17) is 23.8 Å². The van der Waals surface area contributed by atoms with E-state index in [1.165, 1.54) is 12.1 Å². The highest BCUT2D eigenvalue weighted by atomic mass is 35.5. The standard InChI is InChI=1S/C13H14ClN5O3S/c1-2-18-11(16-17-13(18)23)5-6-15-12(20)9-7-8(19(21)22)3-4-10(9)14/h3-4,7H,2,5-6H2,1H3,(H,15,20)(H,17,23). The van der Waals surface area contributed by atoms with Gasteiger partial charge in [-0.2, -0.15) is 5.10 Å². The third kappa shape index (κ3) is 3.93. The minimum absolute atomic E-state index is 0.0650. The minimum atomic E-state index is -0.577. The van der Waals surface area contributed by atoms with Crippen molar-refractivity contribution >= 4 is 35.4 Å². The number of carbonyl (C=O) groups is 1. The summed E-state index contributed by atoms with van der Waals surface area (Å²) in [5.41, 5.74) is -0.123. The van der Waals surface area contributed by atoms with Crippen LogP contribution in [-0.2, 0) is 13.0 Å². The molecule has 10 heteroatoms. The molecule has 1 aromatic carbocycles. The summed E-state index contributed by atoms with van der Waals surface area (Å²) in [5.74, 6) is 0.249. The summed E-state index contributed by atoms with van der Waals surface area (Å²) in [6.45, 7) is 2.92. The quantitative estimate of drug-likeness (QED) is 0.470. The number of nitrogens with one attached hydrogen (secondary N) is 2. The molecule has 1 heterocycles. The maximum atomic E-state index is 12.1. The first kappa shape index (κ1) is 17.1. The predicted molar refractivity (Wildman–Crippen MR) is 87.2 cm³/mol. The molecule has 0 spiro atoms. The third-order valence-corrected chi connectivity index (χ3v) is 3.83.